The van der Waals surface area contributed by atoms with E-state index in [0.717, 1.165) is 29.7 Å². The number of carbonyl (C=O) groups excluding carboxylic acids is 2. The third-order valence-corrected chi connectivity index (χ3v) is 6.00. The Labute approximate surface area is 196 Å². The summed E-state index contributed by atoms with van der Waals surface area (Å²) in [4.78, 5) is 27.8. The molecule has 1 N–H and O–H groups in total. The third-order valence-electron chi connectivity index (χ3n) is 6.00. The molecule has 0 fully saturated rings. The lowest BCUT2D eigenvalue weighted by Crippen LogP contribution is -2.47. The molecule has 33 heavy (non-hydrogen) atoms. The normalized spacial score (nSPS) is 11.7. The first-order valence-corrected chi connectivity index (χ1v) is 11.7. The standard InChI is InChI=1S/C28H34N2O3/c1-4-5-19-29-28(32)21(2)30(20-22-13-16-25(33-3)17-14-22)27(31)18-15-24-11-8-10-23-9-6-7-12-26(23)24/h6-14,16-17,21H,4-5,15,18-20H2,1-3H3,(H,29,32)/t21-/m0/s1. The second-order valence-corrected chi connectivity index (χ2v) is 8.33. The number of rotatable bonds is 11. The van der Waals surface area contributed by atoms with E-state index < -0.39 is 6.04 Å². The van der Waals surface area contributed by atoms with Crippen LogP contribution in [0.3, 0.4) is 0 Å². The maximum absolute atomic E-state index is 13.4. The molecule has 0 saturated carbocycles. The Kier molecular flexibility index (Phi) is 8.87. The Bertz CT molecular complexity index is 1060. The zero-order valence-electron chi connectivity index (χ0n) is 19.8. The molecule has 0 radical (unpaired) electrons. The van der Waals surface area contributed by atoms with Gasteiger partial charge in [0.05, 0.1) is 7.11 Å². The number of carbonyl (C=O) groups is 2. The van der Waals surface area contributed by atoms with Crippen LogP contribution in [0, 0.1) is 0 Å². The van der Waals surface area contributed by atoms with Crippen molar-refractivity contribution in [3.8, 4) is 5.75 Å². The average molecular weight is 447 g/mol. The molecule has 3 rings (SSSR count). The maximum Gasteiger partial charge on any atom is 0.242 e. The summed E-state index contributed by atoms with van der Waals surface area (Å²) in [7, 11) is 1.63. The number of ether oxygens (including phenoxy) is 1. The molecule has 0 unspecified atom stereocenters. The van der Waals surface area contributed by atoms with Crippen LogP contribution < -0.4 is 10.1 Å². The molecule has 5 nitrogen and oxygen atoms in total. The van der Waals surface area contributed by atoms with Gasteiger partial charge in [-0.25, -0.2) is 0 Å². The number of hydrogen-bond donors (Lipinski definition) is 1. The van der Waals surface area contributed by atoms with Crippen molar-refractivity contribution in [2.24, 2.45) is 0 Å². The van der Waals surface area contributed by atoms with E-state index in [4.69, 9.17) is 4.74 Å². The second-order valence-electron chi connectivity index (χ2n) is 8.33. The molecule has 0 aliphatic heterocycles. The molecular formula is C28H34N2O3. The number of fused-ring (bicyclic) bond motifs is 1. The molecule has 5 heteroatoms. The number of unbranched alkanes of at least 4 members (excludes halogenated alkanes) is 1. The van der Waals surface area contributed by atoms with E-state index in [1.807, 2.05) is 42.5 Å². The maximum atomic E-state index is 13.4. The fraction of sp³-hybridized carbons (Fsp3) is 0.357. The van der Waals surface area contributed by atoms with Crippen LogP contribution in [0.15, 0.2) is 66.7 Å². The zero-order chi connectivity index (χ0) is 23.6. The van der Waals surface area contributed by atoms with Crippen LogP contribution in [0.2, 0.25) is 0 Å². The molecule has 2 amide bonds. The van der Waals surface area contributed by atoms with Gasteiger partial charge in [-0.3, -0.25) is 9.59 Å². The molecule has 0 aromatic heterocycles. The fourth-order valence-electron chi connectivity index (χ4n) is 3.94. The van der Waals surface area contributed by atoms with Crippen LogP contribution in [0.5, 0.6) is 5.75 Å². The van der Waals surface area contributed by atoms with Gasteiger partial charge in [-0.1, -0.05) is 67.9 Å². The van der Waals surface area contributed by atoms with Crippen molar-refractivity contribution >= 4 is 22.6 Å². The van der Waals surface area contributed by atoms with Crippen LogP contribution in [0.4, 0.5) is 0 Å². The fourth-order valence-corrected chi connectivity index (χ4v) is 3.94. The van der Waals surface area contributed by atoms with Gasteiger partial charge < -0.3 is 15.0 Å². The van der Waals surface area contributed by atoms with Crippen LogP contribution in [0.1, 0.15) is 44.2 Å². The first kappa shape index (κ1) is 24.3. The Balaban J connectivity index is 1.75. The van der Waals surface area contributed by atoms with Gasteiger partial charge in [0.1, 0.15) is 11.8 Å². The van der Waals surface area contributed by atoms with Crippen LogP contribution in [0.25, 0.3) is 10.8 Å². The largest absolute Gasteiger partial charge is 0.497 e. The number of aryl methyl sites for hydroxylation is 1. The van der Waals surface area contributed by atoms with E-state index in [0.29, 0.717) is 25.9 Å². The summed E-state index contributed by atoms with van der Waals surface area (Å²) in [6, 6.07) is 21.5. The molecular weight excluding hydrogens is 412 g/mol. The van der Waals surface area contributed by atoms with Crippen LogP contribution in [-0.2, 0) is 22.6 Å². The van der Waals surface area contributed by atoms with E-state index in [-0.39, 0.29) is 11.8 Å². The summed E-state index contributed by atoms with van der Waals surface area (Å²) in [5.74, 6) is 0.616. The predicted molar refractivity (Wildman–Crippen MR) is 133 cm³/mol. The highest BCUT2D eigenvalue weighted by molar-refractivity contribution is 5.88. The van der Waals surface area contributed by atoms with Gasteiger partial charge in [0.25, 0.3) is 0 Å². The van der Waals surface area contributed by atoms with Gasteiger partial charge in [0.15, 0.2) is 0 Å². The quantitative estimate of drug-likeness (QED) is 0.416. The third kappa shape index (κ3) is 6.58. The molecule has 0 aliphatic carbocycles. The molecule has 0 spiro atoms. The zero-order valence-corrected chi connectivity index (χ0v) is 19.8. The molecule has 1 atom stereocenters. The minimum absolute atomic E-state index is 0.0307. The number of nitrogens with one attached hydrogen (secondary N) is 1. The molecule has 0 heterocycles. The number of methoxy groups -OCH3 is 1. The van der Waals surface area contributed by atoms with E-state index in [2.05, 4.69) is 36.5 Å². The van der Waals surface area contributed by atoms with Crippen molar-refractivity contribution < 1.29 is 14.3 Å². The summed E-state index contributed by atoms with van der Waals surface area (Å²) in [5.41, 5.74) is 2.11. The van der Waals surface area contributed by atoms with Gasteiger partial charge in [0.2, 0.25) is 11.8 Å². The van der Waals surface area contributed by atoms with Gasteiger partial charge in [-0.2, -0.15) is 0 Å². The van der Waals surface area contributed by atoms with E-state index in [1.54, 1.807) is 18.9 Å². The molecule has 0 bridgehead atoms. The van der Waals surface area contributed by atoms with Crippen LogP contribution in [-0.4, -0.2) is 36.4 Å². The highest BCUT2D eigenvalue weighted by Crippen LogP contribution is 2.21. The minimum atomic E-state index is -0.552. The number of amides is 2. The minimum Gasteiger partial charge on any atom is -0.497 e. The molecule has 3 aromatic rings. The predicted octanol–water partition coefficient (Wildman–Crippen LogP) is 5.11. The Morgan fingerprint density at radius 2 is 1.73 bits per heavy atom. The van der Waals surface area contributed by atoms with Gasteiger partial charge in [0, 0.05) is 19.5 Å². The Morgan fingerprint density at radius 1 is 1.00 bits per heavy atom. The second kappa shape index (κ2) is 12.0. The lowest BCUT2D eigenvalue weighted by molar-refractivity contribution is -0.140. The van der Waals surface area contributed by atoms with Crippen molar-refractivity contribution in [2.45, 2.75) is 52.1 Å². The van der Waals surface area contributed by atoms with Gasteiger partial charge >= 0.3 is 0 Å². The van der Waals surface area contributed by atoms with Crippen molar-refractivity contribution in [1.29, 1.82) is 0 Å². The Hall–Kier alpha value is -3.34. The van der Waals surface area contributed by atoms with Crippen LogP contribution >= 0.6 is 0 Å². The summed E-state index contributed by atoms with van der Waals surface area (Å²) < 4.78 is 5.24. The number of hydrogen-bond acceptors (Lipinski definition) is 3. The van der Waals surface area contributed by atoms with Crippen molar-refractivity contribution in [1.82, 2.24) is 10.2 Å². The lowest BCUT2D eigenvalue weighted by Gasteiger charge is -2.29. The van der Waals surface area contributed by atoms with Crippen molar-refractivity contribution in [3.05, 3.63) is 77.9 Å². The monoisotopic (exact) mass is 446 g/mol. The van der Waals surface area contributed by atoms with Crippen molar-refractivity contribution in [3.63, 3.8) is 0 Å². The van der Waals surface area contributed by atoms with E-state index in [9.17, 15) is 9.59 Å². The summed E-state index contributed by atoms with van der Waals surface area (Å²) >= 11 is 0. The van der Waals surface area contributed by atoms with Gasteiger partial charge in [-0.15, -0.1) is 0 Å². The summed E-state index contributed by atoms with van der Waals surface area (Å²) in [6.07, 6.45) is 2.90. The topological polar surface area (TPSA) is 58.6 Å². The van der Waals surface area contributed by atoms with E-state index in [1.165, 1.54) is 10.8 Å². The first-order chi connectivity index (χ1) is 16.0. The van der Waals surface area contributed by atoms with E-state index >= 15 is 0 Å². The smallest absolute Gasteiger partial charge is 0.242 e. The summed E-state index contributed by atoms with van der Waals surface area (Å²) in [6.45, 7) is 4.89. The SMILES string of the molecule is CCCCNC(=O)[C@H](C)N(Cc1ccc(OC)cc1)C(=O)CCc1cccc2ccccc12. The highest BCUT2D eigenvalue weighted by atomic mass is 16.5. The molecule has 0 saturated heterocycles. The lowest BCUT2D eigenvalue weighted by atomic mass is 10.0. The number of benzene rings is 3. The first-order valence-electron chi connectivity index (χ1n) is 11.7. The average Bonchev–Trinajstić information content (AvgIpc) is 2.85. The molecule has 174 valence electrons. The molecule has 3 aromatic carbocycles. The highest BCUT2D eigenvalue weighted by Gasteiger charge is 2.25. The van der Waals surface area contributed by atoms with Crippen molar-refractivity contribution in [2.75, 3.05) is 13.7 Å². The number of nitrogens with zero attached hydrogens (tertiary/aromatic N) is 1. The summed E-state index contributed by atoms with van der Waals surface area (Å²) in [5, 5.41) is 5.30. The Morgan fingerprint density at radius 3 is 2.45 bits per heavy atom. The molecule has 0 aliphatic rings. The van der Waals surface area contributed by atoms with Gasteiger partial charge in [-0.05, 0) is 53.8 Å².